The molecule has 2 N–H and O–H groups in total. The summed E-state index contributed by atoms with van der Waals surface area (Å²) in [7, 11) is 0. The summed E-state index contributed by atoms with van der Waals surface area (Å²) in [5.41, 5.74) is 0.619. The number of aromatic amines is 1. The summed E-state index contributed by atoms with van der Waals surface area (Å²) in [6.07, 6.45) is 1.63. The van der Waals surface area contributed by atoms with Crippen molar-refractivity contribution in [2.45, 2.75) is 0 Å². The van der Waals surface area contributed by atoms with Crippen LogP contribution in [-0.4, -0.2) is 10.9 Å². The molecule has 18 heavy (non-hydrogen) atoms. The number of carbonyl (C=O) groups is 1. The van der Waals surface area contributed by atoms with Gasteiger partial charge in [-0.2, -0.15) is 5.26 Å². The van der Waals surface area contributed by atoms with E-state index in [0.29, 0.717) is 11.4 Å². The Morgan fingerprint density at radius 1 is 1.44 bits per heavy atom. The Kier molecular flexibility index (Phi) is 3.44. The lowest BCUT2D eigenvalue weighted by atomic mass is 10.2. The molecule has 0 aliphatic rings. The van der Waals surface area contributed by atoms with Crippen molar-refractivity contribution < 1.29 is 9.18 Å². The van der Waals surface area contributed by atoms with E-state index >= 15 is 0 Å². The number of hydrogen-bond donors (Lipinski definition) is 2. The zero-order valence-corrected chi connectivity index (χ0v) is 10.6. The fourth-order valence-electron chi connectivity index (χ4n) is 1.39. The van der Waals surface area contributed by atoms with Crippen LogP contribution in [0.1, 0.15) is 16.1 Å². The predicted molar refractivity (Wildman–Crippen MR) is 67.6 cm³/mol. The zero-order valence-electron chi connectivity index (χ0n) is 9.00. The molecule has 0 aliphatic carbocycles. The number of carbonyl (C=O) groups excluding carboxylic acids is 1. The lowest BCUT2D eigenvalue weighted by Crippen LogP contribution is -2.12. The smallest absolute Gasteiger partial charge is 0.272 e. The fourth-order valence-corrected chi connectivity index (χ4v) is 1.73. The molecule has 1 aromatic heterocycles. The summed E-state index contributed by atoms with van der Waals surface area (Å²) in [6, 6.07) is 7.14. The van der Waals surface area contributed by atoms with E-state index in [-0.39, 0.29) is 11.5 Å². The van der Waals surface area contributed by atoms with Gasteiger partial charge in [-0.25, -0.2) is 4.39 Å². The van der Waals surface area contributed by atoms with E-state index in [1.807, 2.05) is 0 Å². The van der Waals surface area contributed by atoms with Gasteiger partial charge in [-0.3, -0.25) is 4.79 Å². The maximum absolute atomic E-state index is 13.1. The third-order valence-electron chi connectivity index (χ3n) is 2.24. The fraction of sp³-hybridized carbons (Fsp3) is 0. The largest absolute Gasteiger partial charge is 0.356 e. The van der Waals surface area contributed by atoms with Crippen LogP contribution in [0, 0.1) is 17.1 Å². The van der Waals surface area contributed by atoms with Crippen LogP contribution < -0.4 is 5.32 Å². The standard InChI is InChI=1S/C12H7BrFN3O/c13-8-4-11(16-6-8)12(18)17-9-1-2-10(14)7(3-9)5-15/h1-4,6,16H,(H,17,18). The number of anilines is 1. The molecule has 0 unspecified atom stereocenters. The number of nitrogens with one attached hydrogen (secondary N) is 2. The van der Waals surface area contributed by atoms with Crippen LogP contribution >= 0.6 is 15.9 Å². The molecule has 0 aliphatic heterocycles. The Labute approximate surface area is 111 Å². The molecule has 0 bridgehead atoms. The van der Waals surface area contributed by atoms with E-state index in [4.69, 9.17) is 5.26 Å². The Hall–Kier alpha value is -2.13. The van der Waals surface area contributed by atoms with Gasteiger partial charge in [0, 0.05) is 16.4 Å². The summed E-state index contributed by atoms with van der Waals surface area (Å²) in [5.74, 6) is -0.977. The molecular formula is C12H7BrFN3O. The van der Waals surface area contributed by atoms with Crippen molar-refractivity contribution in [1.82, 2.24) is 4.98 Å². The lowest BCUT2D eigenvalue weighted by Gasteiger charge is -2.04. The van der Waals surface area contributed by atoms with Crippen molar-refractivity contribution in [1.29, 1.82) is 5.26 Å². The highest BCUT2D eigenvalue weighted by molar-refractivity contribution is 9.10. The molecule has 0 radical (unpaired) electrons. The molecule has 1 aromatic carbocycles. The molecule has 2 rings (SSSR count). The van der Waals surface area contributed by atoms with Gasteiger partial charge in [0.1, 0.15) is 17.6 Å². The van der Waals surface area contributed by atoms with Gasteiger partial charge in [0.15, 0.2) is 0 Å². The molecule has 2 aromatic rings. The Balaban J connectivity index is 2.20. The van der Waals surface area contributed by atoms with Crippen LogP contribution in [-0.2, 0) is 0 Å². The van der Waals surface area contributed by atoms with Crippen molar-refractivity contribution >= 4 is 27.5 Å². The summed E-state index contributed by atoms with van der Waals surface area (Å²) in [5, 5.41) is 11.2. The molecule has 0 fully saturated rings. The average Bonchev–Trinajstić information content (AvgIpc) is 2.78. The minimum Gasteiger partial charge on any atom is -0.356 e. The first-order valence-electron chi connectivity index (χ1n) is 4.95. The number of benzene rings is 1. The van der Waals surface area contributed by atoms with Crippen molar-refractivity contribution in [2.75, 3.05) is 5.32 Å². The number of amides is 1. The zero-order chi connectivity index (χ0) is 13.1. The Morgan fingerprint density at radius 2 is 2.22 bits per heavy atom. The number of aromatic nitrogens is 1. The van der Waals surface area contributed by atoms with Crippen molar-refractivity contribution in [3.05, 3.63) is 52.0 Å². The highest BCUT2D eigenvalue weighted by Crippen LogP contribution is 2.16. The van der Waals surface area contributed by atoms with Gasteiger partial charge in [0.25, 0.3) is 5.91 Å². The molecule has 0 atom stereocenters. The van der Waals surface area contributed by atoms with Gasteiger partial charge < -0.3 is 10.3 Å². The van der Waals surface area contributed by atoms with E-state index in [0.717, 1.165) is 10.5 Å². The molecule has 6 heteroatoms. The van der Waals surface area contributed by atoms with Crippen molar-refractivity contribution in [2.24, 2.45) is 0 Å². The molecule has 0 spiro atoms. The van der Waals surface area contributed by atoms with E-state index in [2.05, 4.69) is 26.2 Å². The van der Waals surface area contributed by atoms with Crippen LogP contribution in [0.5, 0.6) is 0 Å². The molecule has 4 nitrogen and oxygen atoms in total. The van der Waals surface area contributed by atoms with Crippen LogP contribution in [0.4, 0.5) is 10.1 Å². The number of halogens is 2. The van der Waals surface area contributed by atoms with Crippen LogP contribution in [0.15, 0.2) is 34.9 Å². The van der Waals surface area contributed by atoms with E-state index < -0.39 is 5.82 Å². The number of nitrogens with zero attached hydrogens (tertiary/aromatic N) is 1. The van der Waals surface area contributed by atoms with Gasteiger partial charge in [-0.1, -0.05) is 0 Å². The van der Waals surface area contributed by atoms with E-state index in [1.54, 1.807) is 18.3 Å². The maximum Gasteiger partial charge on any atom is 0.272 e. The van der Waals surface area contributed by atoms with E-state index in [1.165, 1.54) is 12.1 Å². The first-order valence-corrected chi connectivity index (χ1v) is 5.74. The molecule has 1 heterocycles. The second-order valence-corrected chi connectivity index (χ2v) is 4.41. The first kappa shape index (κ1) is 12.3. The number of hydrogen-bond acceptors (Lipinski definition) is 2. The number of nitriles is 1. The SMILES string of the molecule is N#Cc1cc(NC(=O)c2cc(Br)c[nH]2)ccc1F. The van der Waals surface area contributed by atoms with Gasteiger partial charge in [-0.05, 0) is 40.2 Å². The van der Waals surface area contributed by atoms with Crippen LogP contribution in [0.25, 0.3) is 0 Å². The highest BCUT2D eigenvalue weighted by Gasteiger charge is 2.09. The summed E-state index contributed by atoms with van der Waals surface area (Å²) < 4.78 is 13.8. The number of rotatable bonds is 2. The first-order chi connectivity index (χ1) is 8.60. The minimum atomic E-state index is -0.613. The average molecular weight is 308 g/mol. The van der Waals surface area contributed by atoms with Crippen molar-refractivity contribution in [3.63, 3.8) is 0 Å². The number of H-pyrrole nitrogens is 1. The topological polar surface area (TPSA) is 68.7 Å². The summed E-state index contributed by atoms with van der Waals surface area (Å²) >= 11 is 3.21. The molecule has 0 saturated heterocycles. The third-order valence-corrected chi connectivity index (χ3v) is 2.69. The van der Waals surface area contributed by atoms with Crippen LogP contribution in [0.3, 0.4) is 0 Å². The van der Waals surface area contributed by atoms with E-state index in [9.17, 15) is 9.18 Å². The highest BCUT2D eigenvalue weighted by atomic mass is 79.9. The second kappa shape index (κ2) is 5.02. The molecule has 90 valence electrons. The van der Waals surface area contributed by atoms with Gasteiger partial charge >= 0.3 is 0 Å². The Bertz CT molecular complexity index is 645. The van der Waals surface area contributed by atoms with Gasteiger partial charge in [-0.15, -0.1) is 0 Å². The summed E-state index contributed by atoms with van der Waals surface area (Å²) in [4.78, 5) is 14.5. The molecular weight excluding hydrogens is 301 g/mol. The quantitative estimate of drug-likeness (QED) is 0.895. The maximum atomic E-state index is 13.1. The monoisotopic (exact) mass is 307 g/mol. The molecule has 0 saturated carbocycles. The minimum absolute atomic E-state index is 0.111. The second-order valence-electron chi connectivity index (χ2n) is 3.49. The third kappa shape index (κ3) is 2.57. The normalized spacial score (nSPS) is 9.83. The van der Waals surface area contributed by atoms with Crippen molar-refractivity contribution in [3.8, 4) is 6.07 Å². The predicted octanol–water partition coefficient (Wildman–Crippen LogP) is 3.04. The molecule has 1 amide bonds. The van der Waals surface area contributed by atoms with Crippen LogP contribution in [0.2, 0.25) is 0 Å². The Morgan fingerprint density at radius 3 is 2.83 bits per heavy atom. The lowest BCUT2D eigenvalue weighted by molar-refractivity contribution is 0.102. The van der Waals surface area contributed by atoms with Gasteiger partial charge in [0.05, 0.1) is 5.56 Å². The summed E-state index contributed by atoms with van der Waals surface area (Å²) in [6.45, 7) is 0. The van der Waals surface area contributed by atoms with Gasteiger partial charge in [0.2, 0.25) is 0 Å².